The molecule has 0 fully saturated rings. The van der Waals surface area contributed by atoms with Crippen LogP contribution in [-0.4, -0.2) is 43.6 Å². The maximum absolute atomic E-state index is 12.9. The normalized spacial score (nSPS) is 10.7. The molecule has 3 nitrogen and oxygen atoms in total. The van der Waals surface area contributed by atoms with Crippen molar-refractivity contribution in [3.05, 3.63) is 28.8 Å². The number of carbonyl (C=O) groups excluding carboxylic acids is 1. The van der Waals surface area contributed by atoms with Crippen LogP contribution in [0.4, 0.5) is 13.2 Å². The SMILES string of the molecule is COCC#Cc1cc(C(=O)OC)c([As])cc1C(F)(F)F. The summed E-state index contributed by atoms with van der Waals surface area (Å²) in [5, 5.41) is 0. The Balaban J connectivity index is 3.43. The Morgan fingerprint density at radius 1 is 1.35 bits per heavy atom. The topological polar surface area (TPSA) is 35.5 Å². The number of hydrogen-bond donors (Lipinski definition) is 0. The van der Waals surface area contributed by atoms with Gasteiger partial charge in [0.2, 0.25) is 0 Å². The molecule has 0 aliphatic heterocycles. The molecule has 0 atom stereocenters. The maximum atomic E-state index is 12.9. The predicted molar refractivity (Wildman–Crippen MR) is 66.9 cm³/mol. The van der Waals surface area contributed by atoms with Crippen molar-refractivity contribution in [1.82, 2.24) is 0 Å². The van der Waals surface area contributed by atoms with Gasteiger partial charge in [0.15, 0.2) is 0 Å². The van der Waals surface area contributed by atoms with E-state index in [1.807, 2.05) is 16.9 Å². The summed E-state index contributed by atoms with van der Waals surface area (Å²) < 4.78 is 48.1. The zero-order chi connectivity index (χ0) is 15.3. The fraction of sp³-hybridized carbons (Fsp3) is 0.308. The molecule has 0 aliphatic rings. The molecule has 0 aromatic heterocycles. The monoisotopic (exact) mass is 346 g/mol. The van der Waals surface area contributed by atoms with Gasteiger partial charge in [0.1, 0.15) is 0 Å². The van der Waals surface area contributed by atoms with Crippen LogP contribution in [0.3, 0.4) is 0 Å². The molecule has 0 amide bonds. The van der Waals surface area contributed by atoms with E-state index in [1.54, 1.807) is 0 Å². The fourth-order valence-electron chi connectivity index (χ4n) is 1.40. The molecule has 7 heteroatoms. The Morgan fingerprint density at radius 3 is 2.50 bits per heavy atom. The van der Waals surface area contributed by atoms with Gasteiger partial charge in [-0.2, -0.15) is 0 Å². The molecule has 2 radical (unpaired) electrons. The van der Waals surface area contributed by atoms with E-state index in [0.717, 1.165) is 19.2 Å². The average molecular weight is 346 g/mol. The summed E-state index contributed by atoms with van der Waals surface area (Å²) in [6.45, 7) is -0.00517. The van der Waals surface area contributed by atoms with Crippen molar-refractivity contribution in [1.29, 1.82) is 0 Å². The second-order valence-electron chi connectivity index (χ2n) is 3.64. The fourth-order valence-corrected chi connectivity index (χ4v) is 2.00. The third kappa shape index (κ3) is 4.02. The Labute approximate surface area is 122 Å². The summed E-state index contributed by atoms with van der Waals surface area (Å²) in [7, 11) is 2.54. The van der Waals surface area contributed by atoms with Gasteiger partial charge in [-0.05, 0) is 0 Å². The number of hydrogen-bond acceptors (Lipinski definition) is 3. The van der Waals surface area contributed by atoms with Crippen LogP contribution in [0.1, 0.15) is 21.5 Å². The van der Waals surface area contributed by atoms with Crippen LogP contribution >= 0.6 is 0 Å². The number of methoxy groups -OCH3 is 2. The minimum atomic E-state index is -4.56. The molecule has 0 unspecified atom stereocenters. The number of alkyl halides is 3. The summed E-state index contributed by atoms with van der Waals surface area (Å²) in [5.74, 6) is 4.08. The van der Waals surface area contributed by atoms with Gasteiger partial charge in [-0.25, -0.2) is 0 Å². The van der Waals surface area contributed by atoms with E-state index in [-0.39, 0.29) is 22.1 Å². The Morgan fingerprint density at radius 2 is 2.00 bits per heavy atom. The van der Waals surface area contributed by atoms with Gasteiger partial charge in [-0.15, -0.1) is 0 Å². The van der Waals surface area contributed by atoms with Crippen molar-refractivity contribution in [2.24, 2.45) is 0 Å². The van der Waals surface area contributed by atoms with E-state index >= 15 is 0 Å². The standard InChI is InChI=1S/C13H10AsF3O3/c1-19-5-3-4-8-6-9(12(18)20-2)11(14)7-10(8)13(15,16)17/h6-7H,5H2,1-2H3. The summed E-state index contributed by atoms with van der Waals surface area (Å²) in [5.41, 5.74) is -1.16. The second kappa shape index (κ2) is 6.83. The van der Waals surface area contributed by atoms with Gasteiger partial charge < -0.3 is 0 Å². The van der Waals surface area contributed by atoms with Gasteiger partial charge in [-0.1, -0.05) is 0 Å². The quantitative estimate of drug-likeness (QED) is 0.460. The Bertz CT molecular complexity index is 571. The molecular formula is C13H10AsF3O3. The summed E-state index contributed by atoms with van der Waals surface area (Å²) >= 11 is 1.91. The number of carbonyl (C=O) groups is 1. The number of esters is 1. The predicted octanol–water partition coefficient (Wildman–Crippen LogP) is 1.28. The molecule has 106 valence electrons. The third-order valence-electron chi connectivity index (χ3n) is 2.29. The van der Waals surface area contributed by atoms with Crippen molar-refractivity contribution in [2.45, 2.75) is 6.18 Å². The van der Waals surface area contributed by atoms with Gasteiger partial charge in [-0.3, -0.25) is 0 Å². The first-order valence-electron chi connectivity index (χ1n) is 5.31. The van der Waals surface area contributed by atoms with Crippen LogP contribution in [0.15, 0.2) is 12.1 Å². The Hall–Kier alpha value is -1.44. The van der Waals surface area contributed by atoms with Crippen molar-refractivity contribution in [3.63, 3.8) is 0 Å². The number of ether oxygens (including phenoxy) is 2. The first-order chi connectivity index (χ1) is 9.31. The van der Waals surface area contributed by atoms with Crippen molar-refractivity contribution in [2.75, 3.05) is 20.8 Å². The van der Waals surface area contributed by atoms with Crippen molar-refractivity contribution in [3.8, 4) is 11.8 Å². The van der Waals surface area contributed by atoms with Gasteiger partial charge in [0.25, 0.3) is 0 Å². The van der Waals surface area contributed by atoms with Crippen molar-refractivity contribution >= 4 is 27.2 Å². The number of rotatable bonds is 2. The van der Waals surface area contributed by atoms with Gasteiger partial charge in [0.05, 0.1) is 0 Å². The second-order valence-corrected chi connectivity index (χ2v) is 4.65. The number of halogens is 3. The van der Waals surface area contributed by atoms with E-state index in [9.17, 15) is 18.0 Å². The summed E-state index contributed by atoms with van der Waals surface area (Å²) in [4.78, 5) is 11.5. The summed E-state index contributed by atoms with van der Waals surface area (Å²) in [6, 6.07) is 1.94. The molecule has 0 heterocycles. The van der Waals surface area contributed by atoms with E-state index in [4.69, 9.17) is 0 Å². The molecule has 20 heavy (non-hydrogen) atoms. The van der Waals surface area contributed by atoms with Crippen LogP contribution in [0.5, 0.6) is 0 Å². The van der Waals surface area contributed by atoms with E-state index in [2.05, 4.69) is 21.3 Å². The molecule has 1 rings (SSSR count). The molecule has 0 saturated heterocycles. The van der Waals surface area contributed by atoms with Crippen LogP contribution < -0.4 is 4.35 Å². The Kier molecular flexibility index (Phi) is 5.67. The number of benzene rings is 1. The van der Waals surface area contributed by atoms with E-state index in [0.29, 0.717) is 0 Å². The van der Waals surface area contributed by atoms with Gasteiger partial charge >= 0.3 is 122 Å². The molecule has 0 saturated carbocycles. The first-order valence-corrected chi connectivity index (χ1v) is 6.25. The molecule has 1 aromatic carbocycles. The average Bonchev–Trinajstić information content (AvgIpc) is 2.38. The van der Waals surface area contributed by atoms with E-state index < -0.39 is 17.7 Å². The molecule has 0 N–H and O–H groups in total. The molecule has 0 bridgehead atoms. The molecule has 1 aromatic rings. The molecular weight excluding hydrogens is 336 g/mol. The molecule has 0 spiro atoms. The van der Waals surface area contributed by atoms with Crippen LogP contribution in [-0.2, 0) is 15.7 Å². The minimum absolute atomic E-state index is 0.00517. The zero-order valence-corrected chi connectivity index (χ0v) is 12.5. The van der Waals surface area contributed by atoms with Crippen molar-refractivity contribution < 1.29 is 27.4 Å². The third-order valence-corrected chi connectivity index (χ3v) is 3.06. The summed E-state index contributed by atoms with van der Waals surface area (Å²) in [6.07, 6.45) is -4.56. The van der Waals surface area contributed by atoms with Crippen LogP contribution in [0.25, 0.3) is 0 Å². The first kappa shape index (κ1) is 16.6. The van der Waals surface area contributed by atoms with Crippen LogP contribution in [0, 0.1) is 11.8 Å². The van der Waals surface area contributed by atoms with E-state index in [1.165, 1.54) is 7.11 Å². The zero-order valence-electron chi connectivity index (χ0n) is 10.7. The molecule has 0 aliphatic carbocycles. The van der Waals surface area contributed by atoms with Gasteiger partial charge in [0, 0.05) is 0 Å². The van der Waals surface area contributed by atoms with Crippen LogP contribution in [0.2, 0.25) is 0 Å².